The summed E-state index contributed by atoms with van der Waals surface area (Å²) in [5, 5.41) is 8.99. The van der Waals surface area contributed by atoms with Crippen molar-refractivity contribution in [1.82, 2.24) is 4.31 Å². The lowest BCUT2D eigenvalue weighted by Crippen LogP contribution is -2.48. The van der Waals surface area contributed by atoms with Crippen molar-refractivity contribution in [2.45, 2.75) is 17.7 Å². The molecule has 116 valence electrons. The summed E-state index contributed by atoms with van der Waals surface area (Å²) in [5.41, 5.74) is 1.13. The Labute approximate surface area is 132 Å². The minimum absolute atomic E-state index is 0.0520. The van der Waals surface area contributed by atoms with E-state index in [0.29, 0.717) is 18.0 Å². The van der Waals surface area contributed by atoms with E-state index in [4.69, 9.17) is 5.11 Å². The molecule has 0 spiro atoms. The van der Waals surface area contributed by atoms with E-state index in [9.17, 15) is 13.2 Å². The largest absolute Gasteiger partial charge is 0.477 e. The molecule has 1 aliphatic heterocycles. The van der Waals surface area contributed by atoms with Gasteiger partial charge < -0.3 is 5.11 Å². The van der Waals surface area contributed by atoms with Crippen molar-refractivity contribution in [3.63, 3.8) is 0 Å². The number of hydrogen-bond acceptors (Lipinski definition) is 4. The van der Waals surface area contributed by atoms with Crippen molar-refractivity contribution in [2.24, 2.45) is 0 Å². The van der Waals surface area contributed by atoms with E-state index >= 15 is 0 Å². The van der Waals surface area contributed by atoms with E-state index in [1.807, 2.05) is 30.3 Å². The SMILES string of the molecule is Cc1sc(C(=O)O)cc1S(=O)(=O)N1CC(c2ccccc2)C1. The van der Waals surface area contributed by atoms with Gasteiger partial charge >= 0.3 is 5.97 Å². The monoisotopic (exact) mass is 337 g/mol. The van der Waals surface area contributed by atoms with Crippen LogP contribution in [0, 0.1) is 6.92 Å². The molecular formula is C15H15NO4S2. The Morgan fingerprint density at radius 1 is 1.27 bits per heavy atom. The highest BCUT2D eigenvalue weighted by molar-refractivity contribution is 7.89. The zero-order valence-electron chi connectivity index (χ0n) is 11.9. The standard InChI is InChI=1S/C15H15NO4S2/c1-10-14(7-13(21-10)15(17)18)22(19,20)16-8-12(9-16)11-5-3-2-4-6-11/h2-7,12H,8-9H2,1H3,(H,17,18). The number of carboxylic acids is 1. The first-order valence-electron chi connectivity index (χ1n) is 6.78. The Morgan fingerprint density at radius 3 is 2.45 bits per heavy atom. The normalized spacial score (nSPS) is 16.4. The van der Waals surface area contributed by atoms with Gasteiger partial charge in [0.1, 0.15) is 4.88 Å². The van der Waals surface area contributed by atoms with Gasteiger partial charge in [-0.2, -0.15) is 4.31 Å². The average molecular weight is 337 g/mol. The Balaban J connectivity index is 1.80. The van der Waals surface area contributed by atoms with Gasteiger partial charge in [0.25, 0.3) is 0 Å². The van der Waals surface area contributed by atoms with Crippen LogP contribution >= 0.6 is 11.3 Å². The molecule has 7 heteroatoms. The number of sulfonamides is 1. The molecule has 2 heterocycles. The summed E-state index contributed by atoms with van der Waals surface area (Å²) in [6.07, 6.45) is 0. The zero-order chi connectivity index (χ0) is 15.9. The second-order valence-corrected chi connectivity index (χ2v) is 8.43. The summed E-state index contributed by atoms with van der Waals surface area (Å²) in [6, 6.07) is 11.1. The predicted octanol–water partition coefficient (Wildman–Crippen LogP) is 2.54. The van der Waals surface area contributed by atoms with E-state index in [2.05, 4.69) is 0 Å². The molecule has 1 N–H and O–H groups in total. The summed E-state index contributed by atoms with van der Waals surface area (Å²) in [6.45, 7) is 2.51. The topological polar surface area (TPSA) is 74.7 Å². The molecular weight excluding hydrogens is 322 g/mol. The first-order chi connectivity index (χ1) is 10.4. The molecule has 3 rings (SSSR count). The minimum atomic E-state index is -3.61. The molecule has 22 heavy (non-hydrogen) atoms. The first-order valence-corrected chi connectivity index (χ1v) is 9.04. The molecule has 1 saturated heterocycles. The average Bonchev–Trinajstić information content (AvgIpc) is 2.81. The Morgan fingerprint density at radius 2 is 1.91 bits per heavy atom. The predicted molar refractivity (Wildman–Crippen MR) is 84.0 cm³/mol. The zero-order valence-corrected chi connectivity index (χ0v) is 13.5. The highest BCUT2D eigenvalue weighted by Gasteiger charge is 2.38. The number of carboxylic acid groups (broad SMARTS) is 1. The van der Waals surface area contributed by atoms with Crippen LogP contribution in [0.25, 0.3) is 0 Å². The number of aromatic carboxylic acids is 1. The lowest BCUT2D eigenvalue weighted by molar-refractivity contribution is 0.0702. The maximum absolute atomic E-state index is 12.6. The number of hydrogen-bond donors (Lipinski definition) is 1. The van der Waals surface area contributed by atoms with Crippen LogP contribution in [-0.4, -0.2) is 36.9 Å². The summed E-state index contributed by atoms with van der Waals surface area (Å²) in [7, 11) is -3.61. The van der Waals surface area contributed by atoms with E-state index in [1.54, 1.807) is 6.92 Å². The van der Waals surface area contributed by atoms with Crippen molar-refractivity contribution >= 4 is 27.3 Å². The molecule has 0 amide bonds. The maximum Gasteiger partial charge on any atom is 0.345 e. The van der Waals surface area contributed by atoms with Gasteiger partial charge in [0, 0.05) is 23.9 Å². The number of aryl methyl sites for hydroxylation is 1. The van der Waals surface area contributed by atoms with E-state index in [-0.39, 0.29) is 15.7 Å². The van der Waals surface area contributed by atoms with Crippen LogP contribution in [0.2, 0.25) is 0 Å². The van der Waals surface area contributed by atoms with E-state index in [0.717, 1.165) is 16.9 Å². The van der Waals surface area contributed by atoms with Gasteiger partial charge in [0.05, 0.1) is 4.90 Å². The fourth-order valence-corrected chi connectivity index (χ4v) is 5.47. The minimum Gasteiger partial charge on any atom is -0.477 e. The van der Waals surface area contributed by atoms with Crippen LogP contribution in [0.15, 0.2) is 41.3 Å². The molecule has 0 bridgehead atoms. The van der Waals surface area contributed by atoms with Crippen molar-refractivity contribution in [1.29, 1.82) is 0 Å². The smallest absolute Gasteiger partial charge is 0.345 e. The summed E-state index contributed by atoms with van der Waals surface area (Å²) < 4.78 is 26.6. The Hall–Kier alpha value is -1.70. The van der Waals surface area contributed by atoms with Crippen LogP contribution in [0.3, 0.4) is 0 Å². The molecule has 1 fully saturated rings. The molecule has 5 nitrogen and oxygen atoms in total. The molecule has 0 atom stereocenters. The summed E-state index contributed by atoms with van der Waals surface area (Å²) in [4.78, 5) is 11.7. The van der Waals surface area contributed by atoms with Crippen molar-refractivity contribution < 1.29 is 18.3 Å². The molecule has 1 aromatic carbocycles. The fourth-order valence-electron chi connectivity index (χ4n) is 2.54. The second kappa shape index (κ2) is 5.49. The number of benzene rings is 1. The van der Waals surface area contributed by atoms with Gasteiger partial charge in [-0.25, -0.2) is 13.2 Å². The van der Waals surface area contributed by atoms with Gasteiger partial charge in [0.2, 0.25) is 10.0 Å². The van der Waals surface area contributed by atoms with Gasteiger partial charge in [0.15, 0.2) is 0 Å². The maximum atomic E-state index is 12.6. The van der Waals surface area contributed by atoms with Gasteiger partial charge in [-0.3, -0.25) is 0 Å². The summed E-state index contributed by atoms with van der Waals surface area (Å²) >= 11 is 0.993. The van der Waals surface area contributed by atoms with Gasteiger partial charge in [-0.1, -0.05) is 30.3 Å². The number of nitrogens with zero attached hydrogens (tertiary/aromatic N) is 1. The highest BCUT2D eigenvalue weighted by atomic mass is 32.2. The van der Waals surface area contributed by atoms with E-state index < -0.39 is 16.0 Å². The molecule has 1 aromatic heterocycles. The van der Waals surface area contributed by atoms with Crippen LogP contribution in [0.1, 0.15) is 26.0 Å². The molecule has 2 aromatic rings. The van der Waals surface area contributed by atoms with Gasteiger partial charge in [-0.15, -0.1) is 11.3 Å². The highest BCUT2D eigenvalue weighted by Crippen LogP contribution is 2.35. The molecule has 0 saturated carbocycles. The number of rotatable bonds is 4. The third-order valence-corrected chi connectivity index (χ3v) is 6.95. The second-order valence-electron chi connectivity index (χ2n) is 5.27. The van der Waals surface area contributed by atoms with E-state index in [1.165, 1.54) is 10.4 Å². The van der Waals surface area contributed by atoms with Crippen molar-refractivity contribution in [2.75, 3.05) is 13.1 Å². The lowest BCUT2D eigenvalue weighted by atomic mass is 9.94. The molecule has 0 unspecified atom stereocenters. The van der Waals surface area contributed by atoms with Crippen LogP contribution < -0.4 is 0 Å². The molecule has 0 aliphatic carbocycles. The Kier molecular flexibility index (Phi) is 3.80. The third kappa shape index (κ3) is 2.55. The van der Waals surface area contributed by atoms with Crippen LogP contribution in [-0.2, 0) is 10.0 Å². The molecule has 0 radical (unpaired) electrons. The fraction of sp³-hybridized carbons (Fsp3) is 0.267. The van der Waals surface area contributed by atoms with Crippen LogP contribution in [0.4, 0.5) is 0 Å². The number of carbonyl (C=O) groups is 1. The number of thiophene rings is 1. The van der Waals surface area contributed by atoms with Crippen molar-refractivity contribution in [3.05, 3.63) is 51.7 Å². The lowest BCUT2D eigenvalue weighted by Gasteiger charge is -2.38. The third-order valence-electron chi connectivity index (χ3n) is 3.82. The molecule has 1 aliphatic rings. The van der Waals surface area contributed by atoms with Crippen LogP contribution in [0.5, 0.6) is 0 Å². The first kappa shape index (κ1) is 15.2. The summed E-state index contributed by atoms with van der Waals surface area (Å²) in [5.74, 6) is -0.894. The Bertz CT molecular complexity index is 805. The van der Waals surface area contributed by atoms with Gasteiger partial charge in [-0.05, 0) is 18.6 Å². The van der Waals surface area contributed by atoms with Crippen molar-refractivity contribution in [3.8, 4) is 0 Å². The quantitative estimate of drug-likeness (QED) is 0.930.